The first kappa shape index (κ1) is 15.3. The number of non-ortho nitro benzene ring substituents is 1. The Morgan fingerprint density at radius 1 is 1.29 bits per heavy atom. The van der Waals surface area contributed by atoms with E-state index >= 15 is 0 Å². The van der Waals surface area contributed by atoms with E-state index in [9.17, 15) is 15.2 Å². The lowest BCUT2D eigenvalue weighted by atomic mass is 10.2. The molecule has 0 aliphatic carbocycles. The van der Waals surface area contributed by atoms with Gasteiger partial charge in [0.2, 0.25) is 0 Å². The van der Waals surface area contributed by atoms with Crippen molar-refractivity contribution >= 4 is 16.6 Å². The van der Waals surface area contributed by atoms with E-state index in [2.05, 4.69) is 5.10 Å². The second-order valence-corrected chi connectivity index (χ2v) is 4.37. The summed E-state index contributed by atoms with van der Waals surface area (Å²) in [5.41, 5.74) is 0.300. The normalized spacial score (nSPS) is 13.0. The van der Waals surface area contributed by atoms with Crippen molar-refractivity contribution in [2.45, 2.75) is 12.3 Å². The molecule has 0 unspecified atom stereocenters. The molecule has 1 atom stereocenters. The third-order valence-electron chi connectivity index (χ3n) is 2.93. The quantitative estimate of drug-likeness (QED) is 0.476. The zero-order valence-corrected chi connectivity index (χ0v) is 11.0. The molecule has 0 bridgehead atoms. The van der Waals surface area contributed by atoms with Crippen LogP contribution in [-0.2, 0) is 4.74 Å². The number of rotatable bonds is 7. The number of hydrogen-bond acceptors (Lipinski definition) is 7. The van der Waals surface area contributed by atoms with Crippen LogP contribution in [0.4, 0.5) is 5.69 Å². The van der Waals surface area contributed by atoms with Crippen LogP contribution in [0.3, 0.4) is 0 Å². The van der Waals surface area contributed by atoms with Gasteiger partial charge in [0.15, 0.2) is 6.23 Å². The number of ether oxygens (including phenoxy) is 1. The van der Waals surface area contributed by atoms with E-state index in [0.717, 1.165) is 0 Å². The van der Waals surface area contributed by atoms with E-state index in [1.54, 1.807) is 12.3 Å². The molecule has 0 fully saturated rings. The van der Waals surface area contributed by atoms with Gasteiger partial charge in [-0.2, -0.15) is 5.10 Å². The highest BCUT2D eigenvalue weighted by Gasteiger charge is 2.18. The Kier molecular flexibility index (Phi) is 4.81. The summed E-state index contributed by atoms with van der Waals surface area (Å²) < 4.78 is 6.61. The number of nitrogens with zero attached hydrogens (tertiary/aromatic N) is 3. The Morgan fingerprint density at radius 2 is 2.00 bits per heavy atom. The number of nitro groups is 1. The van der Waals surface area contributed by atoms with Crippen LogP contribution in [0.1, 0.15) is 6.23 Å². The number of hydrogen-bond donors (Lipinski definition) is 3. The molecule has 1 aromatic carbocycles. The van der Waals surface area contributed by atoms with Crippen LogP contribution in [-0.4, -0.2) is 55.9 Å². The summed E-state index contributed by atoms with van der Waals surface area (Å²) in [5.74, 6) is 0. The predicted octanol–water partition coefficient (Wildman–Crippen LogP) is -0.195. The number of aliphatic hydroxyl groups excluding tert-OH is 3. The topological polar surface area (TPSA) is 131 Å². The van der Waals surface area contributed by atoms with Crippen molar-refractivity contribution in [1.82, 2.24) is 9.78 Å². The molecule has 9 heteroatoms. The van der Waals surface area contributed by atoms with E-state index in [4.69, 9.17) is 14.9 Å². The lowest BCUT2D eigenvalue weighted by molar-refractivity contribution is -0.384. The summed E-state index contributed by atoms with van der Waals surface area (Å²) in [7, 11) is 0. The van der Waals surface area contributed by atoms with Gasteiger partial charge in [0.25, 0.3) is 5.69 Å². The zero-order chi connectivity index (χ0) is 15.4. The van der Waals surface area contributed by atoms with Gasteiger partial charge >= 0.3 is 0 Å². The largest absolute Gasteiger partial charge is 0.394 e. The summed E-state index contributed by atoms with van der Waals surface area (Å²) in [6.45, 7) is -1.23. The first-order valence-electron chi connectivity index (χ1n) is 6.20. The minimum Gasteiger partial charge on any atom is -0.394 e. The van der Waals surface area contributed by atoms with Crippen molar-refractivity contribution in [2.75, 3.05) is 19.8 Å². The van der Waals surface area contributed by atoms with E-state index in [1.807, 2.05) is 0 Å². The smallest absolute Gasteiger partial charge is 0.271 e. The molecule has 3 N–H and O–H groups in total. The van der Waals surface area contributed by atoms with Crippen molar-refractivity contribution in [2.24, 2.45) is 0 Å². The van der Waals surface area contributed by atoms with Crippen LogP contribution in [0.5, 0.6) is 0 Å². The molecule has 9 nitrogen and oxygen atoms in total. The molecule has 0 spiro atoms. The Hall–Kier alpha value is -2.07. The van der Waals surface area contributed by atoms with Gasteiger partial charge in [-0.15, -0.1) is 0 Å². The molecular weight excluding hydrogens is 282 g/mol. The van der Waals surface area contributed by atoms with Gasteiger partial charge in [0.1, 0.15) is 6.10 Å². The maximum absolute atomic E-state index is 10.7. The fraction of sp³-hybridized carbons (Fsp3) is 0.417. The van der Waals surface area contributed by atoms with E-state index < -0.39 is 37.1 Å². The van der Waals surface area contributed by atoms with Gasteiger partial charge in [-0.25, -0.2) is 4.68 Å². The molecule has 21 heavy (non-hydrogen) atoms. The number of aliphatic hydroxyl groups is 3. The molecule has 0 aliphatic rings. The zero-order valence-electron chi connectivity index (χ0n) is 11.0. The first-order chi connectivity index (χ1) is 10.1. The highest BCUT2D eigenvalue weighted by atomic mass is 16.6. The van der Waals surface area contributed by atoms with Gasteiger partial charge in [-0.3, -0.25) is 10.1 Å². The molecule has 114 valence electrons. The van der Waals surface area contributed by atoms with Crippen LogP contribution in [0.15, 0.2) is 24.4 Å². The van der Waals surface area contributed by atoms with Gasteiger partial charge in [-0.1, -0.05) is 0 Å². The molecule has 0 radical (unpaired) electrons. The van der Waals surface area contributed by atoms with E-state index in [-0.39, 0.29) is 5.69 Å². The van der Waals surface area contributed by atoms with Crippen molar-refractivity contribution in [3.8, 4) is 0 Å². The molecule has 1 aromatic heterocycles. The lowest BCUT2D eigenvalue weighted by Crippen LogP contribution is -2.29. The van der Waals surface area contributed by atoms with Crippen LogP contribution in [0, 0.1) is 10.1 Å². The number of benzene rings is 1. The highest BCUT2D eigenvalue weighted by molar-refractivity contribution is 5.80. The SMILES string of the molecule is O=[N+]([O-])c1ccc2cn([C@@H](CO)OC(CO)CO)nc2c1. The molecule has 0 saturated heterocycles. The number of aromatic nitrogens is 2. The highest BCUT2D eigenvalue weighted by Crippen LogP contribution is 2.21. The van der Waals surface area contributed by atoms with Gasteiger partial charge in [0, 0.05) is 23.7 Å². The van der Waals surface area contributed by atoms with Crippen molar-refractivity contribution in [3.63, 3.8) is 0 Å². The summed E-state index contributed by atoms with van der Waals surface area (Å²) in [5, 5.41) is 42.8. The van der Waals surface area contributed by atoms with Crippen molar-refractivity contribution in [3.05, 3.63) is 34.5 Å². The molecule has 0 aliphatic heterocycles. The fourth-order valence-corrected chi connectivity index (χ4v) is 1.84. The second-order valence-electron chi connectivity index (χ2n) is 4.37. The molecule has 0 amide bonds. The molecule has 1 heterocycles. The van der Waals surface area contributed by atoms with Crippen LogP contribution >= 0.6 is 0 Å². The summed E-state index contributed by atoms with van der Waals surface area (Å²) in [6.07, 6.45) is -0.185. The van der Waals surface area contributed by atoms with E-state index in [0.29, 0.717) is 10.9 Å². The van der Waals surface area contributed by atoms with Crippen LogP contribution in [0.25, 0.3) is 10.9 Å². The predicted molar refractivity (Wildman–Crippen MR) is 71.6 cm³/mol. The number of nitro benzene ring substituents is 1. The Balaban J connectivity index is 2.29. The number of fused-ring (bicyclic) bond motifs is 1. The third kappa shape index (κ3) is 3.34. The Labute approximate surface area is 119 Å². The summed E-state index contributed by atoms with van der Waals surface area (Å²) >= 11 is 0. The summed E-state index contributed by atoms with van der Waals surface area (Å²) in [6, 6.07) is 4.21. The standard InChI is InChI=1S/C12H15N3O6/c16-5-10(6-17)21-12(7-18)14-4-8-1-2-9(15(19)20)3-11(8)13-14/h1-4,10,12,16-18H,5-7H2/t12-/m1/s1. The second kappa shape index (κ2) is 6.59. The minimum atomic E-state index is -0.902. The Morgan fingerprint density at radius 3 is 2.57 bits per heavy atom. The first-order valence-corrected chi connectivity index (χ1v) is 6.20. The van der Waals surface area contributed by atoms with Gasteiger partial charge in [0.05, 0.1) is 30.3 Å². The summed E-state index contributed by atoms with van der Waals surface area (Å²) in [4.78, 5) is 10.2. The van der Waals surface area contributed by atoms with Crippen molar-refractivity contribution < 1.29 is 25.0 Å². The minimum absolute atomic E-state index is 0.0854. The molecule has 2 rings (SSSR count). The lowest BCUT2D eigenvalue weighted by Gasteiger charge is -2.20. The van der Waals surface area contributed by atoms with Crippen molar-refractivity contribution in [1.29, 1.82) is 0 Å². The van der Waals surface area contributed by atoms with Crippen LogP contribution in [0.2, 0.25) is 0 Å². The van der Waals surface area contributed by atoms with Crippen LogP contribution < -0.4 is 0 Å². The van der Waals surface area contributed by atoms with Gasteiger partial charge < -0.3 is 20.1 Å². The monoisotopic (exact) mass is 297 g/mol. The van der Waals surface area contributed by atoms with E-state index in [1.165, 1.54) is 16.8 Å². The average molecular weight is 297 g/mol. The molecule has 0 saturated carbocycles. The molecular formula is C12H15N3O6. The van der Waals surface area contributed by atoms with Gasteiger partial charge in [-0.05, 0) is 6.07 Å². The maximum Gasteiger partial charge on any atom is 0.271 e. The maximum atomic E-state index is 10.7. The molecule has 2 aromatic rings. The third-order valence-corrected chi connectivity index (χ3v) is 2.93. The average Bonchev–Trinajstić information content (AvgIpc) is 2.91. The fourth-order valence-electron chi connectivity index (χ4n) is 1.84. The Bertz CT molecular complexity index is 624.